The van der Waals surface area contributed by atoms with Crippen molar-refractivity contribution < 1.29 is 5.21 Å². The molecule has 10 heavy (non-hydrogen) atoms. The fourth-order valence-electron chi connectivity index (χ4n) is 0.526. The largest absolute Gasteiger partial charge is 0.409 e. The lowest BCUT2D eigenvalue weighted by Gasteiger charge is -2.18. The Labute approximate surface area is 61.3 Å². The molecule has 0 heterocycles. The van der Waals surface area contributed by atoms with Crippen molar-refractivity contribution >= 4 is 5.84 Å². The third-order valence-corrected chi connectivity index (χ3v) is 1.51. The summed E-state index contributed by atoms with van der Waals surface area (Å²) in [7, 11) is 3.91. The van der Waals surface area contributed by atoms with Crippen molar-refractivity contribution in [1.29, 1.82) is 0 Å². The highest BCUT2D eigenvalue weighted by Gasteiger charge is 2.05. The molecule has 1 atom stereocenters. The van der Waals surface area contributed by atoms with Crippen LogP contribution in [0.3, 0.4) is 0 Å². The molecule has 0 spiro atoms. The molecule has 60 valence electrons. The summed E-state index contributed by atoms with van der Waals surface area (Å²) in [5.74, 6) is 0.279. The Morgan fingerprint density at radius 3 is 2.50 bits per heavy atom. The maximum absolute atomic E-state index is 8.21. The Bertz CT molecular complexity index is 122. The van der Waals surface area contributed by atoms with Gasteiger partial charge in [0.05, 0.1) is 0 Å². The Kier molecular flexibility index (Phi) is 3.79. The summed E-state index contributed by atoms with van der Waals surface area (Å²) in [4.78, 5) is 2.01. The number of amidine groups is 1. The van der Waals surface area contributed by atoms with Crippen molar-refractivity contribution in [2.24, 2.45) is 10.9 Å². The first-order valence-electron chi connectivity index (χ1n) is 3.20. The molecular formula is C6H15N3O. The molecule has 0 fully saturated rings. The van der Waals surface area contributed by atoms with E-state index in [0.29, 0.717) is 12.5 Å². The highest BCUT2D eigenvalue weighted by atomic mass is 16.4. The van der Waals surface area contributed by atoms with Crippen molar-refractivity contribution in [3.05, 3.63) is 0 Å². The summed E-state index contributed by atoms with van der Waals surface area (Å²) < 4.78 is 0. The van der Waals surface area contributed by atoms with Gasteiger partial charge in [0.25, 0.3) is 0 Å². The zero-order valence-corrected chi connectivity index (χ0v) is 6.70. The van der Waals surface area contributed by atoms with Gasteiger partial charge >= 0.3 is 0 Å². The summed E-state index contributed by atoms with van der Waals surface area (Å²) in [5.41, 5.74) is 5.28. The van der Waals surface area contributed by atoms with Crippen LogP contribution in [0, 0.1) is 0 Å². The molecule has 0 aliphatic heterocycles. The van der Waals surface area contributed by atoms with Gasteiger partial charge in [-0.3, -0.25) is 0 Å². The minimum absolute atomic E-state index is 0.279. The SMILES string of the molecule is C[C@H](C/C(N)=N/O)N(C)C. The molecule has 4 heteroatoms. The lowest BCUT2D eigenvalue weighted by atomic mass is 10.2. The molecule has 3 N–H and O–H groups in total. The quantitative estimate of drug-likeness (QED) is 0.256. The fourth-order valence-corrected chi connectivity index (χ4v) is 0.526. The Hall–Kier alpha value is -0.770. The van der Waals surface area contributed by atoms with Gasteiger partial charge in [0.2, 0.25) is 0 Å². The molecule has 0 unspecified atom stereocenters. The Morgan fingerprint density at radius 2 is 2.20 bits per heavy atom. The number of oxime groups is 1. The molecule has 0 rings (SSSR count). The van der Waals surface area contributed by atoms with E-state index in [1.807, 2.05) is 25.9 Å². The predicted molar refractivity (Wildman–Crippen MR) is 41.2 cm³/mol. The molecular weight excluding hydrogens is 130 g/mol. The first-order valence-corrected chi connectivity index (χ1v) is 3.20. The van der Waals surface area contributed by atoms with Crippen LogP contribution in [0.5, 0.6) is 0 Å². The Balaban J connectivity index is 3.68. The minimum atomic E-state index is 0.279. The zero-order chi connectivity index (χ0) is 8.15. The van der Waals surface area contributed by atoms with Gasteiger partial charge in [0.1, 0.15) is 5.84 Å². The molecule has 4 nitrogen and oxygen atoms in total. The zero-order valence-electron chi connectivity index (χ0n) is 6.70. The summed E-state index contributed by atoms with van der Waals surface area (Å²) in [6.07, 6.45) is 0.601. The Morgan fingerprint density at radius 1 is 1.70 bits per heavy atom. The van der Waals surface area contributed by atoms with E-state index in [1.165, 1.54) is 0 Å². The normalized spacial score (nSPS) is 15.8. The van der Waals surface area contributed by atoms with Gasteiger partial charge < -0.3 is 15.8 Å². The van der Waals surface area contributed by atoms with E-state index in [1.54, 1.807) is 0 Å². The van der Waals surface area contributed by atoms with E-state index in [4.69, 9.17) is 10.9 Å². The van der Waals surface area contributed by atoms with Crippen molar-refractivity contribution in [1.82, 2.24) is 4.90 Å². The third-order valence-electron chi connectivity index (χ3n) is 1.51. The molecule has 0 aliphatic carbocycles. The molecule has 0 aromatic rings. The lowest BCUT2D eigenvalue weighted by Crippen LogP contribution is -2.30. The van der Waals surface area contributed by atoms with Gasteiger partial charge in [-0.1, -0.05) is 5.16 Å². The smallest absolute Gasteiger partial charge is 0.140 e. The van der Waals surface area contributed by atoms with E-state index in [0.717, 1.165) is 0 Å². The average Bonchev–Trinajstić information content (AvgIpc) is 1.87. The van der Waals surface area contributed by atoms with Crippen LogP contribution in [0.25, 0.3) is 0 Å². The summed E-state index contributed by atoms with van der Waals surface area (Å²) in [5, 5.41) is 11.1. The van der Waals surface area contributed by atoms with Crippen LogP contribution in [0.1, 0.15) is 13.3 Å². The monoisotopic (exact) mass is 145 g/mol. The fraction of sp³-hybridized carbons (Fsp3) is 0.833. The minimum Gasteiger partial charge on any atom is -0.409 e. The number of nitrogens with two attached hydrogens (primary N) is 1. The summed E-state index contributed by atoms with van der Waals surface area (Å²) >= 11 is 0. The van der Waals surface area contributed by atoms with E-state index < -0.39 is 0 Å². The van der Waals surface area contributed by atoms with Crippen LogP contribution in [0.15, 0.2) is 5.16 Å². The van der Waals surface area contributed by atoms with Gasteiger partial charge in [-0.25, -0.2) is 0 Å². The van der Waals surface area contributed by atoms with Crippen molar-refractivity contribution in [3.8, 4) is 0 Å². The maximum atomic E-state index is 8.21. The third kappa shape index (κ3) is 3.29. The van der Waals surface area contributed by atoms with Crippen LogP contribution in [-0.4, -0.2) is 36.1 Å². The topological polar surface area (TPSA) is 61.9 Å². The number of nitrogens with zero attached hydrogens (tertiary/aromatic N) is 2. The van der Waals surface area contributed by atoms with Gasteiger partial charge in [0, 0.05) is 12.5 Å². The molecule has 0 aromatic carbocycles. The second kappa shape index (κ2) is 4.11. The van der Waals surface area contributed by atoms with Crippen molar-refractivity contribution in [2.45, 2.75) is 19.4 Å². The first kappa shape index (κ1) is 9.23. The molecule has 0 aliphatic rings. The highest BCUT2D eigenvalue weighted by Crippen LogP contribution is 1.96. The van der Waals surface area contributed by atoms with E-state index in [9.17, 15) is 0 Å². The number of hydrogen-bond acceptors (Lipinski definition) is 3. The van der Waals surface area contributed by atoms with Crippen LogP contribution in [0.4, 0.5) is 0 Å². The molecule has 0 radical (unpaired) electrons. The molecule has 0 aromatic heterocycles. The lowest BCUT2D eigenvalue weighted by molar-refractivity contribution is 0.301. The second-order valence-electron chi connectivity index (χ2n) is 2.61. The van der Waals surface area contributed by atoms with Crippen LogP contribution < -0.4 is 5.73 Å². The average molecular weight is 145 g/mol. The molecule has 0 saturated carbocycles. The second-order valence-corrected chi connectivity index (χ2v) is 2.61. The van der Waals surface area contributed by atoms with E-state index in [-0.39, 0.29) is 5.84 Å². The van der Waals surface area contributed by atoms with Crippen molar-refractivity contribution in [3.63, 3.8) is 0 Å². The van der Waals surface area contributed by atoms with Gasteiger partial charge in [-0.15, -0.1) is 0 Å². The first-order chi connectivity index (χ1) is 4.57. The molecule has 0 saturated heterocycles. The van der Waals surface area contributed by atoms with Crippen LogP contribution >= 0.6 is 0 Å². The van der Waals surface area contributed by atoms with Crippen molar-refractivity contribution in [2.75, 3.05) is 14.1 Å². The number of hydrogen-bond donors (Lipinski definition) is 2. The van der Waals surface area contributed by atoms with Gasteiger partial charge in [-0.05, 0) is 21.0 Å². The number of rotatable bonds is 3. The summed E-state index contributed by atoms with van der Waals surface area (Å²) in [6.45, 7) is 2.01. The molecule has 0 amide bonds. The maximum Gasteiger partial charge on any atom is 0.140 e. The van der Waals surface area contributed by atoms with Crippen LogP contribution in [-0.2, 0) is 0 Å². The van der Waals surface area contributed by atoms with Gasteiger partial charge in [0.15, 0.2) is 0 Å². The molecule has 0 bridgehead atoms. The standard InChI is InChI=1S/C6H15N3O/c1-5(9(2)3)4-6(7)8-10/h5,10H,4H2,1-3H3,(H2,7,8)/t5-/m1/s1. The highest BCUT2D eigenvalue weighted by molar-refractivity contribution is 5.80. The predicted octanol–water partition coefficient (Wildman–Crippen LogP) is 0.0730. The van der Waals surface area contributed by atoms with Crippen LogP contribution in [0.2, 0.25) is 0 Å². The van der Waals surface area contributed by atoms with E-state index >= 15 is 0 Å². The summed E-state index contributed by atoms with van der Waals surface area (Å²) in [6, 6.07) is 0.316. The van der Waals surface area contributed by atoms with E-state index in [2.05, 4.69) is 5.16 Å². The van der Waals surface area contributed by atoms with Gasteiger partial charge in [-0.2, -0.15) is 0 Å².